The molecule has 0 atom stereocenters. The molecule has 3 heteroatoms. The molecule has 0 amide bonds. The quantitative estimate of drug-likeness (QED) is 0.686. The molecule has 0 spiro atoms. The number of fused-ring (bicyclic) bond motifs is 1. The molecule has 2 aromatic rings. The Bertz CT molecular complexity index is 528. The third-order valence-electron chi connectivity index (χ3n) is 2.51. The number of carbonyl (C=O) groups is 1. The fourth-order valence-corrected chi connectivity index (χ4v) is 2.33. The van der Waals surface area contributed by atoms with Gasteiger partial charge in [-0.3, -0.25) is 9.36 Å². The molecular formula is C12H13NOS. The highest BCUT2D eigenvalue weighted by Crippen LogP contribution is 2.24. The molecule has 0 aliphatic heterocycles. The maximum absolute atomic E-state index is 11.5. The van der Waals surface area contributed by atoms with Crippen molar-refractivity contribution in [1.82, 2.24) is 4.57 Å². The first-order chi connectivity index (χ1) is 7.13. The molecule has 15 heavy (non-hydrogen) atoms. The van der Waals surface area contributed by atoms with Crippen LogP contribution in [0.15, 0.2) is 29.2 Å². The van der Waals surface area contributed by atoms with Gasteiger partial charge in [0.15, 0.2) is 0 Å². The van der Waals surface area contributed by atoms with E-state index in [1.165, 1.54) is 4.90 Å². The number of thioether (sulfide) groups is 1. The van der Waals surface area contributed by atoms with Crippen molar-refractivity contribution in [1.29, 1.82) is 0 Å². The van der Waals surface area contributed by atoms with E-state index in [9.17, 15) is 4.79 Å². The predicted octanol–water partition coefficient (Wildman–Crippen LogP) is 3.33. The number of aromatic nitrogens is 1. The number of hydrogen-bond donors (Lipinski definition) is 0. The Hall–Kier alpha value is -1.22. The predicted molar refractivity (Wildman–Crippen MR) is 64.8 cm³/mol. The summed E-state index contributed by atoms with van der Waals surface area (Å²) in [6.07, 6.45) is 2.05. The topological polar surface area (TPSA) is 22.0 Å². The van der Waals surface area contributed by atoms with Gasteiger partial charge in [0.05, 0.1) is 5.52 Å². The van der Waals surface area contributed by atoms with Gasteiger partial charge in [0, 0.05) is 22.9 Å². The summed E-state index contributed by atoms with van der Waals surface area (Å²) in [6, 6.07) is 8.23. The molecule has 0 aliphatic rings. The summed E-state index contributed by atoms with van der Waals surface area (Å²) in [5.74, 6) is 0.0689. The smallest absolute Gasteiger partial charge is 0.228 e. The van der Waals surface area contributed by atoms with Gasteiger partial charge in [0.2, 0.25) is 5.91 Å². The van der Waals surface area contributed by atoms with Gasteiger partial charge in [-0.25, -0.2) is 0 Å². The monoisotopic (exact) mass is 219 g/mol. The molecule has 0 fully saturated rings. The molecule has 0 bridgehead atoms. The standard InChI is InChI=1S/C12H13NOS/c1-8-6-10-7-11(15-3)4-5-12(10)13(8)9(2)14/h4-7H,1-3H3. The van der Waals surface area contributed by atoms with E-state index >= 15 is 0 Å². The Morgan fingerprint density at radius 3 is 2.67 bits per heavy atom. The van der Waals surface area contributed by atoms with Gasteiger partial charge in [-0.05, 0) is 37.4 Å². The summed E-state index contributed by atoms with van der Waals surface area (Å²) < 4.78 is 1.75. The van der Waals surface area contributed by atoms with Gasteiger partial charge in [0.25, 0.3) is 0 Å². The van der Waals surface area contributed by atoms with Crippen LogP contribution >= 0.6 is 11.8 Å². The summed E-state index contributed by atoms with van der Waals surface area (Å²) in [7, 11) is 0. The number of carbonyl (C=O) groups excluding carboxylic acids is 1. The zero-order chi connectivity index (χ0) is 11.0. The largest absolute Gasteiger partial charge is 0.285 e. The molecule has 0 radical (unpaired) electrons. The fraction of sp³-hybridized carbons (Fsp3) is 0.250. The van der Waals surface area contributed by atoms with E-state index in [1.807, 2.05) is 19.1 Å². The lowest BCUT2D eigenvalue weighted by molar-refractivity contribution is 0.0940. The van der Waals surface area contributed by atoms with Gasteiger partial charge in [-0.15, -0.1) is 11.8 Å². The highest BCUT2D eigenvalue weighted by atomic mass is 32.2. The van der Waals surface area contributed by atoms with Crippen LogP contribution in [0.4, 0.5) is 0 Å². The summed E-state index contributed by atoms with van der Waals surface area (Å²) >= 11 is 1.71. The fourth-order valence-electron chi connectivity index (χ4n) is 1.88. The molecule has 2 nitrogen and oxygen atoms in total. The normalized spacial score (nSPS) is 10.9. The van der Waals surface area contributed by atoms with Crippen molar-refractivity contribution in [3.05, 3.63) is 30.0 Å². The van der Waals surface area contributed by atoms with Crippen molar-refractivity contribution in [2.45, 2.75) is 18.7 Å². The van der Waals surface area contributed by atoms with E-state index in [0.29, 0.717) is 0 Å². The number of aryl methyl sites for hydroxylation is 1. The number of benzene rings is 1. The maximum atomic E-state index is 11.5. The molecule has 1 aromatic heterocycles. The molecule has 0 unspecified atom stereocenters. The first-order valence-electron chi connectivity index (χ1n) is 4.80. The van der Waals surface area contributed by atoms with Crippen LogP contribution in [-0.4, -0.2) is 16.7 Å². The second-order valence-electron chi connectivity index (χ2n) is 3.56. The Morgan fingerprint density at radius 1 is 1.33 bits per heavy atom. The van der Waals surface area contributed by atoms with E-state index < -0.39 is 0 Å². The summed E-state index contributed by atoms with van der Waals surface area (Å²) in [6.45, 7) is 3.55. The van der Waals surface area contributed by atoms with Crippen LogP contribution in [0.5, 0.6) is 0 Å². The first-order valence-corrected chi connectivity index (χ1v) is 6.03. The molecular weight excluding hydrogens is 206 g/mol. The molecule has 78 valence electrons. The van der Waals surface area contributed by atoms with E-state index in [4.69, 9.17) is 0 Å². The maximum Gasteiger partial charge on any atom is 0.228 e. The molecule has 1 aromatic carbocycles. The molecule has 0 saturated heterocycles. The van der Waals surface area contributed by atoms with Gasteiger partial charge >= 0.3 is 0 Å². The average molecular weight is 219 g/mol. The van der Waals surface area contributed by atoms with Crippen molar-refractivity contribution >= 4 is 28.6 Å². The number of nitrogens with zero attached hydrogens (tertiary/aromatic N) is 1. The van der Waals surface area contributed by atoms with Crippen LogP contribution in [0.1, 0.15) is 17.4 Å². The highest BCUT2D eigenvalue weighted by Gasteiger charge is 2.08. The molecule has 0 N–H and O–H groups in total. The van der Waals surface area contributed by atoms with Crippen molar-refractivity contribution in [2.75, 3.05) is 6.26 Å². The molecule has 0 saturated carbocycles. The Labute approximate surface area is 93.3 Å². The lowest BCUT2D eigenvalue weighted by Gasteiger charge is -2.02. The van der Waals surface area contributed by atoms with Gasteiger partial charge in [0.1, 0.15) is 0 Å². The molecule has 2 rings (SSSR count). The minimum atomic E-state index is 0.0689. The second-order valence-corrected chi connectivity index (χ2v) is 4.44. The van der Waals surface area contributed by atoms with E-state index in [-0.39, 0.29) is 5.91 Å². The minimum Gasteiger partial charge on any atom is -0.285 e. The first kappa shape index (κ1) is 10.3. The van der Waals surface area contributed by atoms with Crippen molar-refractivity contribution in [3.8, 4) is 0 Å². The zero-order valence-electron chi connectivity index (χ0n) is 9.07. The van der Waals surface area contributed by atoms with E-state index in [2.05, 4.69) is 18.4 Å². The van der Waals surface area contributed by atoms with Gasteiger partial charge in [-0.2, -0.15) is 0 Å². The van der Waals surface area contributed by atoms with E-state index in [0.717, 1.165) is 16.6 Å². The van der Waals surface area contributed by atoms with Crippen LogP contribution in [0, 0.1) is 6.92 Å². The number of hydrogen-bond acceptors (Lipinski definition) is 2. The van der Waals surface area contributed by atoms with Crippen molar-refractivity contribution in [3.63, 3.8) is 0 Å². The van der Waals surface area contributed by atoms with E-state index in [1.54, 1.807) is 23.3 Å². The third kappa shape index (κ3) is 1.67. The SMILES string of the molecule is CSc1ccc2c(c1)cc(C)n2C(C)=O. The lowest BCUT2D eigenvalue weighted by Crippen LogP contribution is -2.06. The van der Waals surface area contributed by atoms with Gasteiger partial charge in [-0.1, -0.05) is 0 Å². The van der Waals surface area contributed by atoms with Crippen LogP contribution in [0.2, 0.25) is 0 Å². The Balaban J connectivity index is 2.74. The third-order valence-corrected chi connectivity index (χ3v) is 3.23. The summed E-state index contributed by atoms with van der Waals surface area (Å²) in [5.41, 5.74) is 1.99. The lowest BCUT2D eigenvalue weighted by atomic mass is 10.2. The summed E-state index contributed by atoms with van der Waals surface area (Å²) in [5, 5.41) is 1.13. The Kier molecular flexibility index (Phi) is 2.57. The number of rotatable bonds is 1. The highest BCUT2D eigenvalue weighted by molar-refractivity contribution is 7.98. The summed E-state index contributed by atoms with van der Waals surface area (Å²) in [4.78, 5) is 12.7. The van der Waals surface area contributed by atoms with Crippen LogP contribution in [0.3, 0.4) is 0 Å². The molecule has 0 aliphatic carbocycles. The van der Waals surface area contributed by atoms with Crippen LogP contribution in [-0.2, 0) is 0 Å². The van der Waals surface area contributed by atoms with Crippen LogP contribution in [0.25, 0.3) is 10.9 Å². The Morgan fingerprint density at radius 2 is 2.07 bits per heavy atom. The van der Waals surface area contributed by atoms with Crippen molar-refractivity contribution < 1.29 is 4.79 Å². The van der Waals surface area contributed by atoms with Crippen LogP contribution < -0.4 is 0 Å². The van der Waals surface area contributed by atoms with Gasteiger partial charge < -0.3 is 0 Å². The average Bonchev–Trinajstić information content (AvgIpc) is 2.52. The minimum absolute atomic E-state index is 0.0689. The van der Waals surface area contributed by atoms with Crippen molar-refractivity contribution in [2.24, 2.45) is 0 Å². The zero-order valence-corrected chi connectivity index (χ0v) is 9.89. The second kappa shape index (κ2) is 3.74. The molecule has 1 heterocycles.